The zero-order valence-corrected chi connectivity index (χ0v) is 8.61. The molecule has 0 spiro atoms. The lowest BCUT2D eigenvalue weighted by Gasteiger charge is -2.05. The molecule has 1 N–H and O–H groups in total. The molecular weight excluding hydrogens is 222 g/mol. The smallest absolute Gasteiger partial charge is 0.337 e. The summed E-state index contributed by atoms with van der Waals surface area (Å²) in [4.78, 5) is 20.8. The monoisotopic (exact) mass is 229 g/mol. The van der Waals surface area contributed by atoms with Crippen LogP contribution in [-0.2, 0) is 6.42 Å². The summed E-state index contributed by atoms with van der Waals surface area (Å²) in [5.74, 6) is -1.19. The van der Waals surface area contributed by atoms with Crippen molar-refractivity contribution in [2.75, 3.05) is 0 Å². The third-order valence-corrected chi connectivity index (χ3v) is 2.43. The highest BCUT2D eigenvalue weighted by Crippen LogP contribution is 2.30. The number of hydrogen-bond acceptors (Lipinski definition) is 3. The number of aromatic carboxylic acids is 1. The molecule has 0 heterocycles. The van der Waals surface area contributed by atoms with Crippen LogP contribution >= 0.6 is 11.6 Å². The molecule has 1 rings (SSSR count). The van der Waals surface area contributed by atoms with Crippen molar-refractivity contribution < 1.29 is 14.8 Å². The highest BCUT2D eigenvalue weighted by Gasteiger charge is 2.20. The van der Waals surface area contributed by atoms with Crippen molar-refractivity contribution in [3.8, 4) is 0 Å². The van der Waals surface area contributed by atoms with E-state index in [1.807, 2.05) is 0 Å². The number of carbonyl (C=O) groups is 1. The fraction of sp³-hybridized carbons (Fsp3) is 0.222. The second-order valence-electron chi connectivity index (χ2n) is 2.84. The van der Waals surface area contributed by atoms with Crippen molar-refractivity contribution in [1.29, 1.82) is 0 Å². The second kappa shape index (κ2) is 4.27. The Labute approximate surface area is 90.4 Å². The number of nitrogens with zero attached hydrogens (tertiary/aromatic N) is 1. The molecule has 0 saturated heterocycles. The van der Waals surface area contributed by atoms with Gasteiger partial charge in [0, 0.05) is 11.6 Å². The minimum Gasteiger partial charge on any atom is -0.478 e. The average Bonchev–Trinajstić information content (AvgIpc) is 2.16. The van der Waals surface area contributed by atoms with Crippen molar-refractivity contribution in [2.45, 2.75) is 13.3 Å². The van der Waals surface area contributed by atoms with Crippen LogP contribution < -0.4 is 0 Å². The fourth-order valence-electron chi connectivity index (χ4n) is 1.28. The largest absolute Gasteiger partial charge is 0.478 e. The van der Waals surface area contributed by atoms with Gasteiger partial charge >= 0.3 is 5.97 Å². The maximum absolute atomic E-state index is 10.7. The predicted octanol–water partition coefficient (Wildman–Crippen LogP) is 2.51. The summed E-state index contributed by atoms with van der Waals surface area (Å²) < 4.78 is 0. The van der Waals surface area contributed by atoms with Crippen LogP contribution in [0.4, 0.5) is 5.69 Å². The quantitative estimate of drug-likeness (QED) is 0.638. The van der Waals surface area contributed by atoms with E-state index in [1.165, 1.54) is 0 Å². The summed E-state index contributed by atoms with van der Waals surface area (Å²) in [6.07, 6.45) is 0.316. The van der Waals surface area contributed by atoms with Gasteiger partial charge in [0.25, 0.3) is 5.69 Å². The summed E-state index contributed by atoms with van der Waals surface area (Å²) in [5.41, 5.74) is -0.00631. The van der Waals surface area contributed by atoms with Gasteiger partial charge in [-0.3, -0.25) is 10.1 Å². The topological polar surface area (TPSA) is 80.4 Å². The summed E-state index contributed by atoms with van der Waals surface area (Å²) >= 11 is 5.77. The van der Waals surface area contributed by atoms with E-state index in [4.69, 9.17) is 16.7 Å². The molecule has 5 nitrogen and oxygen atoms in total. The van der Waals surface area contributed by atoms with Gasteiger partial charge in [-0.2, -0.15) is 0 Å². The molecule has 0 radical (unpaired) electrons. The molecule has 1 aromatic carbocycles. The molecular formula is C9H8ClNO4. The number of carboxylic acid groups (broad SMARTS) is 1. The third-order valence-electron chi connectivity index (χ3n) is 2.00. The number of benzene rings is 1. The Morgan fingerprint density at radius 3 is 2.60 bits per heavy atom. The van der Waals surface area contributed by atoms with Crippen LogP contribution in [0.5, 0.6) is 0 Å². The Kier molecular flexibility index (Phi) is 3.26. The van der Waals surface area contributed by atoms with Crippen molar-refractivity contribution in [2.24, 2.45) is 0 Å². The van der Waals surface area contributed by atoms with Crippen LogP contribution in [-0.4, -0.2) is 16.0 Å². The van der Waals surface area contributed by atoms with Gasteiger partial charge in [0.05, 0.1) is 15.5 Å². The molecule has 1 aromatic rings. The molecule has 0 fully saturated rings. The summed E-state index contributed by atoms with van der Waals surface area (Å²) in [6, 6.07) is 2.30. The Balaban J connectivity index is 3.45. The van der Waals surface area contributed by atoms with Crippen molar-refractivity contribution in [3.05, 3.63) is 38.4 Å². The lowest BCUT2D eigenvalue weighted by molar-refractivity contribution is -0.385. The van der Waals surface area contributed by atoms with E-state index in [-0.39, 0.29) is 21.8 Å². The van der Waals surface area contributed by atoms with E-state index in [9.17, 15) is 14.9 Å². The van der Waals surface area contributed by atoms with Crippen molar-refractivity contribution in [1.82, 2.24) is 0 Å². The first-order chi connectivity index (χ1) is 6.99. The Morgan fingerprint density at radius 1 is 1.60 bits per heavy atom. The minimum absolute atomic E-state index is 0.0563. The number of nitro benzene ring substituents is 1. The van der Waals surface area contributed by atoms with Crippen LogP contribution in [0, 0.1) is 10.1 Å². The minimum atomic E-state index is -1.19. The molecule has 0 aliphatic carbocycles. The van der Waals surface area contributed by atoms with Gasteiger partial charge in [-0.05, 0) is 12.5 Å². The van der Waals surface area contributed by atoms with E-state index in [0.29, 0.717) is 6.42 Å². The van der Waals surface area contributed by atoms with Crippen molar-refractivity contribution in [3.63, 3.8) is 0 Å². The average molecular weight is 230 g/mol. The molecule has 0 atom stereocenters. The zero-order valence-electron chi connectivity index (χ0n) is 7.86. The van der Waals surface area contributed by atoms with Gasteiger partial charge in [-0.1, -0.05) is 18.5 Å². The van der Waals surface area contributed by atoms with Gasteiger partial charge in [0.1, 0.15) is 0 Å². The number of carboxylic acids is 1. The summed E-state index contributed by atoms with van der Waals surface area (Å²) in [7, 11) is 0. The summed E-state index contributed by atoms with van der Waals surface area (Å²) in [6.45, 7) is 1.68. The van der Waals surface area contributed by atoms with Gasteiger partial charge in [0.2, 0.25) is 0 Å². The van der Waals surface area contributed by atoms with E-state index < -0.39 is 10.9 Å². The van der Waals surface area contributed by atoms with E-state index >= 15 is 0 Å². The first-order valence-corrected chi connectivity index (χ1v) is 4.55. The number of nitro groups is 1. The molecule has 0 saturated carbocycles. The molecule has 0 aromatic heterocycles. The second-order valence-corrected chi connectivity index (χ2v) is 3.22. The number of halogens is 1. The van der Waals surface area contributed by atoms with E-state index in [0.717, 1.165) is 12.1 Å². The lowest BCUT2D eigenvalue weighted by atomic mass is 10.1. The first-order valence-electron chi connectivity index (χ1n) is 4.18. The first kappa shape index (κ1) is 11.5. The summed E-state index contributed by atoms with van der Waals surface area (Å²) in [5, 5.41) is 19.3. The molecule has 80 valence electrons. The Bertz CT molecular complexity index is 430. The van der Waals surface area contributed by atoms with Gasteiger partial charge in [0.15, 0.2) is 0 Å². The SMILES string of the molecule is CCc1c([N+](=O)[O-])ccc(C(=O)O)c1Cl. The van der Waals surface area contributed by atoms with Gasteiger partial charge in [-0.25, -0.2) is 4.79 Å². The van der Waals surface area contributed by atoms with Gasteiger partial charge in [-0.15, -0.1) is 0 Å². The number of hydrogen-bond donors (Lipinski definition) is 1. The molecule has 0 amide bonds. The zero-order chi connectivity index (χ0) is 11.6. The maximum atomic E-state index is 10.7. The van der Waals surface area contributed by atoms with Crippen LogP contribution in [0.1, 0.15) is 22.8 Å². The van der Waals surface area contributed by atoms with E-state index in [1.54, 1.807) is 6.92 Å². The molecule has 15 heavy (non-hydrogen) atoms. The molecule has 6 heteroatoms. The van der Waals surface area contributed by atoms with Crippen LogP contribution in [0.3, 0.4) is 0 Å². The third kappa shape index (κ3) is 2.07. The normalized spacial score (nSPS) is 10.0. The Morgan fingerprint density at radius 2 is 2.20 bits per heavy atom. The van der Waals surface area contributed by atoms with Crippen molar-refractivity contribution >= 4 is 23.3 Å². The Hall–Kier alpha value is -1.62. The lowest BCUT2D eigenvalue weighted by Crippen LogP contribution is -2.02. The van der Waals surface area contributed by atoms with Gasteiger partial charge < -0.3 is 5.11 Å². The predicted molar refractivity (Wildman–Crippen MR) is 54.4 cm³/mol. The fourth-order valence-corrected chi connectivity index (χ4v) is 1.66. The highest BCUT2D eigenvalue weighted by atomic mass is 35.5. The highest BCUT2D eigenvalue weighted by molar-refractivity contribution is 6.34. The standard InChI is InChI=1S/C9H8ClNO4/c1-2-5-7(11(14)15)4-3-6(8(5)10)9(12)13/h3-4H,2H2,1H3,(H,12,13). The molecule has 0 aliphatic heterocycles. The maximum Gasteiger partial charge on any atom is 0.337 e. The van der Waals surface area contributed by atoms with E-state index in [2.05, 4.69) is 0 Å². The number of rotatable bonds is 3. The van der Waals surface area contributed by atoms with Crippen LogP contribution in [0.2, 0.25) is 5.02 Å². The molecule has 0 unspecified atom stereocenters. The van der Waals surface area contributed by atoms with Crippen LogP contribution in [0.15, 0.2) is 12.1 Å². The molecule has 0 bridgehead atoms. The molecule has 0 aliphatic rings. The van der Waals surface area contributed by atoms with Crippen LogP contribution in [0.25, 0.3) is 0 Å².